The Morgan fingerprint density at radius 3 is 2.92 bits per heavy atom. The van der Waals surface area contributed by atoms with Gasteiger partial charge >= 0.3 is 0 Å². The van der Waals surface area contributed by atoms with Gasteiger partial charge in [-0.25, -0.2) is 4.98 Å². The van der Waals surface area contributed by atoms with E-state index in [0.29, 0.717) is 11.4 Å². The molecule has 126 valence electrons. The molecule has 1 N–H and O–H groups in total. The molecule has 1 aromatic carbocycles. The minimum absolute atomic E-state index is 0.0486. The molecular weight excluding hydrogens is 302 g/mol. The molecule has 24 heavy (non-hydrogen) atoms. The second-order valence-corrected chi connectivity index (χ2v) is 7.37. The van der Waals surface area contributed by atoms with Crippen molar-refractivity contribution in [3.63, 3.8) is 0 Å². The van der Waals surface area contributed by atoms with Crippen molar-refractivity contribution >= 4 is 16.9 Å². The molecule has 5 heteroatoms. The maximum Gasteiger partial charge on any atom is 0.269 e. The van der Waals surface area contributed by atoms with E-state index in [2.05, 4.69) is 17.2 Å². The van der Waals surface area contributed by atoms with Crippen molar-refractivity contribution in [2.24, 2.45) is 17.8 Å². The summed E-state index contributed by atoms with van der Waals surface area (Å²) in [6, 6.07) is 7.59. The lowest BCUT2D eigenvalue weighted by Gasteiger charge is -2.28. The van der Waals surface area contributed by atoms with E-state index in [1.807, 2.05) is 24.3 Å². The fraction of sp³-hybridized carbons (Fsp3) is 0.526. The van der Waals surface area contributed by atoms with Gasteiger partial charge in [-0.1, -0.05) is 18.6 Å². The summed E-state index contributed by atoms with van der Waals surface area (Å²) in [6.07, 6.45) is 6.53. The lowest BCUT2D eigenvalue weighted by molar-refractivity contribution is -0.122. The molecule has 1 aromatic heterocycles. The Kier molecular flexibility index (Phi) is 3.87. The lowest BCUT2D eigenvalue weighted by Crippen LogP contribution is -2.42. The van der Waals surface area contributed by atoms with E-state index in [9.17, 15) is 9.59 Å². The number of aromatic nitrogens is 2. The summed E-state index contributed by atoms with van der Waals surface area (Å²) < 4.78 is 1.51. The number of carbonyl (C=O) groups excluding carboxylic acids is 1. The van der Waals surface area contributed by atoms with Crippen LogP contribution in [0.3, 0.4) is 0 Å². The van der Waals surface area contributed by atoms with Gasteiger partial charge in [0.1, 0.15) is 6.54 Å². The number of benzene rings is 1. The highest BCUT2D eigenvalue weighted by molar-refractivity contribution is 5.80. The van der Waals surface area contributed by atoms with Crippen molar-refractivity contribution < 1.29 is 4.79 Å². The predicted molar refractivity (Wildman–Crippen MR) is 92.5 cm³/mol. The zero-order chi connectivity index (χ0) is 16.7. The molecule has 0 saturated heterocycles. The van der Waals surface area contributed by atoms with E-state index >= 15 is 0 Å². The van der Waals surface area contributed by atoms with Crippen LogP contribution >= 0.6 is 0 Å². The molecule has 0 spiro atoms. The molecule has 2 bridgehead atoms. The highest BCUT2D eigenvalue weighted by Gasteiger charge is 2.42. The van der Waals surface area contributed by atoms with Crippen molar-refractivity contribution in [1.29, 1.82) is 0 Å². The maximum absolute atomic E-state index is 12.5. The molecule has 1 amide bonds. The molecule has 4 atom stereocenters. The third-order valence-electron chi connectivity index (χ3n) is 5.88. The number of amides is 1. The van der Waals surface area contributed by atoms with Gasteiger partial charge < -0.3 is 5.32 Å². The van der Waals surface area contributed by atoms with Gasteiger partial charge in [-0.05, 0) is 56.1 Å². The van der Waals surface area contributed by atoms with Crippen molar-refractivity contribution in [3.8, 4) is 0 Å². The monoisotopic (exact) mass is 325 g/mol. The quantitative estimate of drug-likeness (QED) is 0.938. The Balaban J connectivity index is 1.48. The smallest absolute Gasteiger partial charge is 0.269 e. The van der Waals surface area contributed by atoms with Crippen LogP contribution in [-0.2, 0) is 11.3 Å². The van der Waals surface area contributed by atoms with Gasteiger partial charge in [0, 0.05) is 6.04 Å². The Hall–Kier alpha value is -2.17. The van der Waals surface area contributed by atoms with Gasteiger partial charge in [-0.15, -0.1) is 0 Å². The van der Waals surface area contributed by atoms with Gasteiger partial charge in [-0.3, -0.25) is 14.2 Å². The summed E-state index contributed by atoms with van der Waals surface area (Å²) in [5, 5.41) is 3.13. The fourth-order valence-electron chi connectivity index (χ4n) is 4.73. The highest BCUT2D eigenvalue weighted by Crippen LogP contribution is 2.49. The topological polar surface area (TPSA) is 64.0 Å². The normalized spacial score (nSPS) is 26.6. The van der Waals surface area contributed by atoms with Crippen LogP contribution in [0, 0.1) is 17.8 Å². The highest BCUT2D eigenvalue weighted by atomic mass is 16.2. The molecule has 1 heterocycles. The predicted octanol–water partition coefficient (Wildman–Crippen LogP) is 2.34. The molecule has 5 nitrogen and oxygen atoms in total. The number of hydrogen-bond acceptors (Lipinski definition) is 3. The van der Waals surface area contributed by atoms with Crippen molar-refractivity contribution in [3.05, 3.63) is 40.8 Å². The molecule has 2 fully saturated rings. The molecule has 2 aliphatic carbocycles. The minimum atomic E-state index is -0.239. The summed E-state index contributed by atoms with van der Waals surface area (Å²) in [5.74, 6) is 2.14. The van der Waals surface area contributed by atoms with Crippen LogP contribution < -0.4 is 10.9 Å². The summed E-state index contributed by atoms with van der Waals surface area (Å²) in [5.41, 5.74) is 1.19. The molecular formula is C19H23N3O2. The van der Waals surface area contributed by atoms with Crippen molar-refractivity contribution in [2.75, 3.05) is 0 Å². The first-order valence-corrected chi connectivity index (χ1v) is 8.86. The van der Waals surface area contributed by atoms with E-state index in [4.69, 9.17) is 0 Å². The number of rotatable bonds is 4. The van der Waals surface area contributed by atoms with E-state index < -0.39 is 0 Å². The summed E-state index contributed by atoms with van der Waals surface area (Å²) in [6.45, 7) is 2.16. The molecule has 2 aromatic rings. The van der Waals surface area contributed by atoms with Gasteiger partial charge in [0.2, 0.25) is 5.91 Å². The largest absolute Gasteiger partial charge is 0.352 e. The molecule has 0 unspecified atom stereocenters. The first-order valence-electron chi connectivity index (χ1n) is 8.86. The van der Waals surface area contributed by atoms with E-state index in [0.717, 1.165) is 17.4 Å². The molecule has 0 aliphatic heterocycles. The Labute approximate surface area is 141 Å². The third kappa shape index (κ3) is 2.72. The van der Waals surface area contributed by atoms with Crippen LogP contribution in [0.25, 0.3) is 11.0 Å². The second kappa shape index (κ2) is 6.04. The first-order chi connectivity index (χ1) is 11.6. The zero-order valence-electron chi connectivity index (χ0n) is 13.9. The Morgan fingerprint density at radius 2 is 2.17 bits per heavy atom. The minimum Gasteiger partial charge on any atom is -0.352 e. The van der Waals surface area contributed by atoms with Crippen molar-refractivity contribution in [2.45, 2.75) is 45.2 Å². The number of carbonyl (C=O) groups is 1. The molecule has 4 rings (SSSR count). The van der Waals surface area contributed by atoms with Crippen LogP contribution in [0.15, 0.2) is 35.3 Å². The number of hydrogen-bond donors (Lipinski definition) is 1. The average Bonchev–Trinajstić information content (AvgIpc) is 3.20. The molecule has 2 aliphatic rings. The van der Waals surface area contributed by atoms with Crippen LogP contribution in [0.1, 0.15) is 32.6 Å². The van der Waals surface area contributed by atoms with Gasteiger partial charge in [-0.2, -0.15) is 0 Å². The first kappa shape index (κ1) is 15.4. The maximum atomic E-state index is 12.5. The van der Waals surface area contributed by atoms with Crippen LogP contribution in [0.4, 0.5) is 0 Å². The van der Waals surface area contributed by atoms with Gasteiger partial charge in [0.15, 0.2) is 0 Å². The van der Waals surface area contributed by atoms with Crippen molar-refractivity contribution in [1.82, 2.24) is 14.9 Å². The number of nitrogens with zero attached hydrogens (tertiary/aromatic N) is 2. The van der Waals surface area contributed by atoms with Crippen LogP contribution in [-0.4, -0.2) is 21.5 Å². The average molecular weight is 325 g/mol. The lowest BCUT2D eigenvalue weighted by atomic mass is 9.84. The summed E-state index contributed by atoms with van der Waals surface area (Å²) in [7, 11) is 0. The number of para-hydroxylation sites is 2. The Bertz CT molecular complexity index is 829. The second-order valence-electron chi connectivity index (χ2n) is 7.37. The van der Waals surface area contributed by atoms with Gasteiger partial charge in [0.25, 0.3) is 5.56 Å². The van der Waals surface area contributed by atoms with Crippen LogP contribution in [0.5, 0.6) is 0 Å². The zero-order valence-corrected chi connectivity index (χ0v) is 13.9. The van der Waals surface area contributed by atoms with Crippen LogP contribution in [0.2, 0.25) is 0 Å². The SMILES string of the molecule is C[C@@H](NC(=O)Cn1c(=O)cnc2ccccc21)[C@@H]1C[C@H]2CC[C@H]1C2. The molecule has 0 radical (unpaired) electrons. The number of nitrogens with one attached hydrogen (secondary N) is 1. The Morgan fingerprint density at radius 1 is 1.33 bits per heavy atom. The van der Waals surface area contributed by atoms with Gasteiger partial charge in [0.05, 0.1) is 17.2 Å². The third-order valence-corrected chi connectivity index (χ3v) is 5.88. The standard InChI is InChI=1S/C19H23N3O2/c1-12(15-9-13-6-7-14(15)8-13)21-18(23)11-22-17-5-3-2-4-16(17)20-10-19(22)24/h2-5,10,12-15H,6-9,11H2,1H3,(H,21,23)/t12-,13+,14+,15+/m1/s1. The van der Waals surface area contributed by atoms with E-state index in [-0.39, 0.29) is 24.1 Å². The fourth-order valence-corrected chi connectivity index (χ4v) is 4.73. The molecule has 2 saturated carbocycles. The summed E-state index contributed by atoms with van der Waals surface area (Å²) in [4.78, 5) is 28.8. The van der Waals surface area contributed by atoms with E-state index in [1.54, 1.807) is 0 Å². The van der Waals surface area contributed by atoms with E-state index in [1.165, 1.54) is 36.4 Å². The summed E-state index contributed by atoms with van der Waals surface area (Å²) >= 11 is 0. The number of fused-ring (bicyclic) bond motifs is 3.